The summed E-state index contributed by atoms with van der Waals surface area (Å²) in [4.78, 5) is 15.7. The van der Waals surface area contributed by atoms with Gasteiger partial charge in [-0.1, -0.05) is 0 Å². The Bertz CT molecular complexity index is 538. The zero-order valence-corrected chi connectivity index (χ0v) is 17.5. The van der Waals surface area contributed by atoms with Gasteiger partial charge in [-0.2, -0.15) is 0 Å². The molecule has 1 atom stereocenters. The fraction of sp³-hybridized carbons (Fsp3) is 0.529. The molecule has 142 valence electrons. The lowest BCUT2D eigenvalue weighted by atomic mass is 10.3. The number of nitrogens with zero attached hydrogens (tertiary/aromatic N) is 1. The van der Waals surface area contributed by atoms with E-state index in [0.29, 0.717) is 31.2 Å². The highest BCUT2D eigenvalue weighted by molar-refractivity contribution is 14.0. The van der Waals surface area contributed by atoms with Gasteiger partial charge in [0.2, 0.25) is 5.91 Å². The summed E-state index contributed by atoms with van der Waals surface area (Å²) in [6.45, 7) is 6.77. The lowest BCUT2D eigenvalue weighted by molar-refractivity contribution is -0.121. The zero-order valence-electron chi connectivity index (χ0n) is 15.1. The summed E-state index contributed by atoms with van der Waals surface area (Å²) >= 11 is 0. The predicted molar refractivity (Wildman–Crippen MR) is 109 cm³/mol. The highest BCUT2D eigenvalue weighted by atomic mass is 127. The van der Waals surface area contributed by atoms with Crippen LogP contribution in [0.3, 0.4) is 0 Å². The molecular weight excluding hydrogens is 438 g/mol. The van der Waals surface area contributed by atoms with Gasteiger partial charge in [-0.25, -0.2) is 4.39 Å². The highest BCUT2D eigenvalue weighted by Crippen LogP contribution is 2.12. The molecule has 1 aromatic rings. The molecule has 0 aliphatic heterocycles. The SMILES string of the molecule is CN=C(NCCC(=O)NC(C)C)NCC(C)Oc1ccc(F)cc1.I. The monoisotopic (exact) mass is 466 g/mol. The Labute approximate surface area is 166 Å². The van der Waals surface area contributed by atoms with Crippen LogP contribution in [0.4, 0.5) is 4.39 Å². The highest BCUT2D eigenvalue weighted by Gasteiger charge is 2.07. The number of amides is 1. The molecule has 1 aromatic carbocycles. The summed E-state index contributed by atoms with van der Waals surface area (Å²) in [5.74, 6) is 0.918. The van der Waals surface area contributed by atoms with Crippen molar-refractivity contribution in [1.29, 1.82) is 0 Å². The van der Waals surface area contributed by atoms with Gasteiger partial charge in [-0.3, -0.25) is 9.79 Å². The molecule has 0 saturated heterocycles. The number of carbonyl (C=O) groups excluding carboxylic acids is 1. The second-order valence-electron chi connectivity index (χ2n) is 5.73. The van der Waals surface area contributed by atoms with Crippen molar-refractivity contribution in [2.45, 2.75) is 39.3 Å². The standard InChI is InChI=1S/C17H27FN4O2.HI/c1-12(2)22-16(23)9-10-20-17(19-4)21-11-13(3)24-15-7-5-14(18)6-8-15;/h5-8,12-13H,9-11H2,1-4H3,(H,22,23)(H2,19,20,21);1H. The number of ether oxygens (including phenoxy) is 1. The topological polar surface area (TPSA) is 74.8 Å². The molecule has 0 radical (unpaired) electrons. The molecule has 0 spiro atoms. The first-order valence-corrected chi connectivity index (χ1v) is 8.06. The van der Waals surface area contributed by atoms with Crippen LogP contribution in [0.25, 0.3) is 0 Å². The van der Waals surface area contributed by atoms with Crippen LogP contribution in [0.5, 0.6) is 5.75 Å². The number of aliphatic imine (C=N–C) groups is 1. The van der Waals surface area contributed by atoms with Gasteiger partial charge < -0.3 is 20.7 Å². The zero-order chi connectivity index (χ0) is 17.9. The summed E-state index contributed by atoms with van der Waals surface area (Å²) < 4.78 is 18.5. The summed E-state index contributed by atoms with van der Waals surface area (Å²) in [5.41, 5.74) is 0. The van der Waals surface area contributed by atoms with E-state index in [1.165, 1.54) is 12.1 Å². The molecule has 0 aliphatic carbocycles. The lowest BCUT2D eigenvalue weighted by Gasteiger charge is -2.18. The van der Waals surface area contributed by atoms with E-state index in [2.05, 4.69) is 20.9 Å². The maximum absolute atomic E-state index is 12.8. The molecule has 0 aromatic heterocycles. The minimum atomic E-state index is -0.292. The third kappa shape index (κ3) is 10.8. The molecule has 6 nitrogen and oxygen atoms in total. The van der Waals surface area contributed by atoms with Gasteiger partial charge in [0.1, 0.15) is 17.7 Å². The molecule has 1 amide bonds. The van der Waals surface area contributed by atoms with E-state index in [-0.39, 0.29) is 47.8 Å². The fourth-order valence-corrected chi connectivity index (χ4v) is 1.94. The number of hydrogen-bond donors (Lipinski definition) is 3. The Balaban J connectivity index is 0.00000576. The van der Waals surface area contributed by atoms with Gasteiger partial charge in [0.15, 0.2) is 5.96 Å². The number of hydrogen-bond acceptors (Lipinski definition) is 3. The largest absolute Gasteiger partial charge is 0.489 e. The van der Waals surface area contributed by atoms with Crippen molar-refractivity contribution < 1.29 is 13.9 Å². The summed E-state index contributed by atoms with van der Waals surface area (Å²) in [6, 6.07) is 6.04. The summed E-state index contributed by atoms with van der Waals surface area (Å²) in [6.07, 6.45) is 0.249. The molecule has 0 aliphatic rings. The quantitative estimate of drug-likeness (QED) is 0.312. The first-order chi connectivity index (χ1) is 11.4. The smallest absolute Gasteiger partial charge is 0.221 e. The molecule has 1 unspecified atom stereocenters. The maximum atomic E-state index is 12.8. The third-order valence-corrected chi connectivity index (χ3v) is 3.03. The van der Waals surface area contributed by atoms with Crippen molar-refractivity contribution in [3.8, 4) is 5.75 Å². The van der Waals surface area contributed by atoms with Gasteiger partial charge in [-0.15, -0.1) is 24.0 Å². The van der Waals surface area contributed by atoms with Crippen LogP contribution in [0.1, 0.15) is 27.2 Å². The molecule has 1 rings (SSSR count). The minimum Gasteiger partial charge on any atom is -0.489 e. The third-order valence-electron chi connectivity index (χ3n) is 3.03. The second kappa shape index (κ2) is 12.7. The van der Waals surface area contributed by atoms with E-state index in [4.69, 9.17) is 4.74 Å². The Hall–Kier alpha value is -1.58. The Morgan fingerprint density at radius 3 is 2.40 bits per heavy atom. The van der Waals surface area contributed by atoms with Gasteiger partial charge >= 0.3 is 0 Å². The maximum Gasteiger partial charge on any atom is 0.221 e. The van der Waals surface area contributed by atoms with Crippen molar-refractivity contribution in [2.75, 3.05) is 20.1 Å². The molecule has 0 heterocycles. The normalized spacial score (nSPS) is 12.2. The van der Waals surface area contributed by atoms with E-state index in [0.717, 1.165) is 0 Å². The van der Waals surface area contributed by atoms with Crippen LogP contribution in [-0.4, -0.2) is 44.1 Å². The van der Waals surface area contributed by atoms with Crippen LogP contribution >= 0.6 is 24.0 Å². The van der Waals surface area contributed by atoms with Crippen LogP contribution in [0.2, 0.25) is 0 Å². The first kappa shape index (κ1) is 23.4. The Kier molecular flexibility index (Phi) is 11.9. The van der Waals surface area contributed by atoms with Crippen molar-refractivity contribution >= 4 is 35.8 Å². The van der Waals surface area contributed by atoms with Crippen LogP contribution in [-0.2, 0) is 4.79 Å². The van der Waals surface area contributed by atoms with Gasteiger partial charge in [-0.05, 0) is 45.0 Å². The van der Waals surface area contributed by atoms with Crippen molar-refractivity contribution in [2.24, 2.45) is 4.99 Å². The van der Waals surface area contributed by atoms with Crippen molar-refractivity contribution in [3.05, 3.63) is 30.1 Å². The van der Waals surface area contributed by atoms with E-state index in [9.17, 15) is 9.18 Å². The van der Waals surface area contributed by atoms with Crippen LogP contribution in [0.15, 0.2) is 29.3 Å². The lowest BCUT2D eigenvalue weighted by Crippen LogP contribution is -2.43. The number of guanidine groups is 1. The van der Waals surface area contributed by atoms with Gasteiger partial charge in [0.25, 0.3) is 0 Å². The van der Waals surface area contributed by atoms with Gasteiger partial charge in [0, 0.05) is 26.1 Å². The molecule has 0 fully saturated rings. The van der Waals surface area contributed by atoms with E-state index >= 15 is 0 Å². The average molecular weight is 466 g/mol. The van der Waals surface area contributed by atoms with Crippen LogP contribution < -0.4 is 20.7 Å². The number of carbonyl (C=O) groups is 1. The fourth-order valence-electron chi connectivity index (χ4n) is 1.94. The second-order valence-corrected chi connectivity index (χ2v) is 5.73. The summed E-state index contributed by atoms with van der Waals surface area (Å²) in [5, 5.41) is 9.03. The van der Waals surface area contributed by atoms with E-state index in [1.807, 2.05) is 20.8 Å². The molecule has 3 N–H and O–H groups in total. The van der Waals surface area contributed by atoms with E-state index < -0.39 is 0 Å². The molecule has 0 saturated carbocycles. The average Bonchev–Trinajstić information content (AvgIpc) is 2.52. The number of rotatable bonds is 8. The predicted octanol–water partition coefficient (Wildman–Crippen LogP) is 2.29. The first-order valence-electron chi connectivity index (χ1n) is 8.06. The van der Waals surface area contributed by atoms with E-state index in [1.54, 1.807) is 19.2 Å². The Morgan fingerprint density at radius 2 is 1.84 bits per heavy atom. The molecule has 8 heteroatoms. The number of benzene rings is 1. The minimum absolute atomic E-state index is 0. The van der Waals surface area contributed by atoms with Crippen molar-refractivity contribution in [1.82, 2.24) is 16.0 Å². The van der Waals surface area contributed by atoms with Crippen LogP contribution in [0, 0.1) is 5.82 Å². The summed E-state index contributed by atoms with van der Waals surface area (Å²) in [7, 11) is 1.66. The molecule has 25 heavy (non-hydrogen) atoms. The van der Waals surface area contributed by atoms with Crippen molar-refractivity contribution in [3.63, 3.8) is 0 Å². The molecule has 0 bridgehead atoms. The number of nitrogens with one attached hydrogen (secondary N) is 3. The molecular formula is C17H28FIN4O2. The Morgan fingerprint density at radius 1 is 1.20 bits per heavy atom. The number of halogens is 2. The van der Waals surface area contributed by atoms with Gasteiger partial charge in [0.05, 0.1) is 6.54 Å².